The number of aryl methyl sites for hydroxylation is 1. The molecular formula is C20H25N5O3. The first-order valence-electron chi connectivity index (χ1n) is 9.67. The van der Waals surface area contributed by atoms with Crippen molar-refractivity contribution in [1.82, 2.24) is 24.3 Å². The van der Waals surface area contributed by atoms with Crippen LogP contribution in [-0.4, -0.2) is 61.9 Å². The van der Waals surface area contributed by atoms with Crippen molar-refractivity contribution in [2.24, 2.45) is 0 Å². The molecule has 2 aromatic heterocycles. The lowest BCUT2D eigenvalue weighted by molar-refractivity contribution is -0.170. The number of nitrogens with zero attached hydrogens (tertiary/aromatic N) is 5. The molecule has 1 aliphatic heterocycles. The number of imidazole rings is 1. The monoisotopic (exact) mass is 383 g/mol. The summed E-state index contributed by atoms with van der Waals surface area (Å²) in [5.74, 6) is 0.601. The SMILES string of the molecule is CCn1ccnc1CN(C)C(=O)[C@H]1OCC(=O)N(C2CC2)[C@@H]1c1cccnc1. The van der Waals surface area contributed by atoms with Crippen molar-refractivity contribution in [1.29, 1.82) is 0 Å². The number of carbonyl (C=O) groups is 2. The fourth-order valence-electron chi connectivity index (χ4n) is 3.79. The quantitative estimate of drug-likeness (QED) is 0.753. The number of hydrogen-bond acceptors (Lipinski definition) is 5. The van der Waals surface area contributed by atoms with Crippen molar-refractivity contribution in [3.63, 3.8) is 0 Å². The van der Waals surface area contributed by atoms with Crippen molar-refractivity contribution in [2.45, 2.75) is 51.0 Å². The standard InChI is InChI=1S/C20H25N5O3/c1-3-24-10-9-22-16(24)12-23(2)20(27)19-18(14-5-4-8-21-11-14)25(15-6-7-15)17(26)13-28-19/h4-5,8-11,15,18-19H,3,6-7,12-13H2,1-2H3/t18-,19+/m1/s1. The van der Waals surface area contributed by atoms with Gasteiger partial charge in [0.15, 0.2) is 6.10 Å². The highest BCUT2D eigenvalue weighted by Gasteiger charge is 2.48. The first-order valence-corrected chi connectivity index (χ1v) is 9.67. The first-order chi connectivity index (χ1) is 13.6. The Balaban J connectivity index is 1.60. The van der Waals surface area contributed by atoms with Crippen LogP contribution in [0.1, 0.15) is 37.2 Å². The highest BCUT2D eigenvalue weighted by Crippen LogP contribution is 2.39. The molecule has 0 aromatic carbocycles. The van der Waals surface area contributed by atoms with E-state index in [1.54, 1.807) is 30.5 Å². The predicted octanol–water partition coefficient (Wildman–Crippen LogP) is 1.39. The summed E-state index contributed by atoms with van der Waals surface area (Å²) in [6.07, 6.45) is 8.21. The van der Waals surface area contributed by atoms with Crippen LogP contribution in [0, 0.1) is 0 Å². The van der Waals surface area contributed by atoms with Gasteiger partial charge in [-0.25, -0.2) is 4.98 Å². The lowest BCUT2D eigenvalue weighted by atomic mass is 9.98. The number of ether oxygens (including phenoxy) is 1. The van der Waals surface area contributed by atoms with Gasteiger partial charge < -0.3 is 19.1 Å². The lowest BCUT2D eigenvalue weighted by Crippen LogP contribution is -2.55. The van der Waals surface area contributed by atoms with E-state index in [0.717, 1.165) is 30.8 Å². The van der Waals surface area contributed by atoms with Crippen LogP contribution in [0.2, 0.25) is 0 Å². The Bertz CT molecular complexity index is 849. The van der Waals surface area contributed by atoms with Gasteiger partial charge in [-0.3, -0.25) is 14.6 Å². The van der Waals surface area contributed by atoms with Crippen LogP contribution in [0.4, 0.5) is 0 Å². The van der Waals surface area contributed by atoms with Crippen LogP contribution in [0.5, 0.6) is 0 Å². The van der Waals surface area contributed by atoms with Crippen molar-refractivity contribution in [3.8, 4) is 0 Å². The maximum Gasteiger partial charge on any atom is 0.254 e. The van der Waals surface area contributed by atoms with Crippen molar-refractivity contribution in [2.75, 3.05) is 13.7 Å². The summed E-state index contributed by atoms with van der Waals surface area (Å²) in [5, 5.41) is 0. The molecule has 0 spiro atoms. The van der Waals surface area contributed by atoms with Crippen molar-refractivity contribution in [3.05, 3.63) is 48.3 Å². The summed E-state index contributed by atoms with van der Waals surface area (Å²) < 4.78 is 7.79. The van der Waals surface area contributed by atoms with E-state index in [1.807, 2.05) is 34.7 Å². The van der Waals surface area contributed by atoms with E-state index in [1.165, 1.54) is 0 Å². The Morgan fingerprint density at radius 1 is 1.36 bits per heavy atom. The van der Waals surface area contributed by atoms with Gasteiger partial charge in [-0.15, -0.1) is 0 Å². The molecule has 3 heterocycles. The number of morpholine rings is 1. The Hall–Kier alpha value is -2.74. The minimum absolute atomic E-state index is 0.0652. The van der Waals surface area contributed by atoms with Gasteiger partial charge in [0.05, 0.1) is 12.6 Å². The summed E-state index contributed by atoms with van der Waals surface area (Å²) in [7, 11) is 1.75. The molecule has 8 nitrogen and oxygen atoms in total. The third-order valence-corrected chi connectivity index (χ3v) is 5.37. The van der Waals surface area contributed by atoms with Crippen LogP contribution in [0.15, 0.2) is 36.9 Å². The molecule has 148 valence electrons. The minimum atomic E-state index is -0.752. The smallest absolute Gasteiger partial charge is 0.254 e. The van der Waals surface area contributed by atoms with Crippen LogP contribution >= 0.6 is 0 Å². The molecule has 0 N–H and O–H groups in total. The molecule has 0 radical (unpaired) electrons. The molecule has 1 aliphatic carbocycles. The van der Waals surface area contributed by atoms with E-state index in [0.29, 0.717) is 6.54 Å². The van der Waals surface area contributed by atoms with E-state index in [9.17, 15) is 9.59 Å². The molecule has 2 fully saturated rings. The first kappa shape index (κ1) is 18.6. The topological polar surface area (TPSA) is 80.6 Å². The third-order valence-electron chi connectivity index (χ3n) is 5.37. The normalized spacial score (nSPS) is 22.4. The third kappa shape index (κ3) is 3.52. The lowest BCUT2D eigenvalue weighted by Gasteiger charge is -2.41. The Morgan fingerprint density at radius 3 is 2.86 bits per heavy atom. The van der Waals surface area contributed by atoms with Gasteiger partial charge >= 0.3 is 0 Å². The Labute approximate surface area is 164 Å². The van der Waals surface area contributed by atoms with Gasteiger partial charge in [0, 0.05) is 44.4 Å². The van der Waals surface area contributed by atoms with Gasteiger partial charge in [-0.05, 0) is 31.4 Å². The number of amides is 2. The van der Waals surface area contributed by atoms with Gasteiger partial charge in [-0.1, -0.05) is 6.07 Å². The highest BCUT2D eigenvalue weighted by molar-refractivity contribution is 5.86. The molecule has 4 rings (SSSR count). The number of carbonyl (C=O) groups excluding carboxylic acids is 2. The van der Waals surface area contributed by atoms with Gasteiger partial charge in [0.25, 0.3) is 5.91 Å². The second-order valence-corrected chi connectivity index (χ2v) is 7.32. The molecule has 2 amide bonds. The predicted molar refractivity (Wildman–Crippen MR) is 101 cm³/mol. The van der Waals surface area contributed by atoms with Crippen molar-refractivity contribution < 1.29 is 14.3 Å². The molecule has 0 bridgehead atoms. The minimum Gasteiger partial charge on any atom is -0.356 e. The van der Waals surface area contributed by atoms with E-state index in [4.69, 9.17) is 4.74 Å². The Kier molecular flexibility index (Phi) is 5.13. The second kappa shape index (κ2) is 7.71. The Morgan fingerprint density at radius 2 is 2.18 bits per heavy atom. The number of hydrogen-bond donors (Lipinski definition) is 0. The van der Waals surface area contributed by atoms with Gasteiger partial charge in [0.2, 0.25) is 5.91 Å². The molecular weight excluding hydrogens is 358 g/mol. The summed E-state index contributed by atoms with van der Waals surface area (Å²) >= 11 is 0. The molecule has 2 atom stereocenters. The number of likely N-dealkylation sites (N-methyl/N-ethyl adjacent to an activating group) is 1. The molecule has 0 unspecified atom stereocenters. The molecule has 8 heteroatoms. The zero-order valence-electron chi connectivity index (χ0n) is 16.2. The van der Waals surface area contributed by atoms with Crippen LogP contribution < -0.4 is 0 Å². The maximum absolute atomic E-state index is 13.3. The van der Waals surface area contributed by atoms with Gasteiger partial charge in [0.1, 0.15) is 12.4 Å². The molecule has 2 aromatic rings. The van der Waals surface area contributed by atoms with E-state index in [2.05, 4.69) is 9.97 Å². The second-order valence-electron chi connectivity index (χ2n) is 7.32. The largest absolute Gasteiger partial charge is 0.356 e. The van der Waals surface area contributed by atoms with Gasteiger partial charge in [-0.2, -0.15) is 0 Å². The number of aromatic nitrogens is 3. The molecule has 2 aliphatic rings. The number of pyridine rings is 1. The summed E-state index contributed by atoms with van der Waals surface area (Å²) in [6, 6.07) is 3.45. The molecule has 1 saturated heterocycles. The van der Waals surface area contributed by atoms with E-state index < -0.39 is 12.1 Å². The van der Waals surface area contributed by atoms with E-state index in [-0.39, 0.29) is 24.5 Å². The van der Waals surface area contributed by atoms with Crippen LogP contribution in [0.25, 0.3) is 0 Å². The fourth-order valence-corrected chi connectivity index (χ4v) is 3.79. The molecule has 1 saturated carbocycles. The van der Waals surface area contributed by atoms with Crippen molar-refractivity contribution >= 4 is 11.8 Å². The maximum atomic E-state index is 13.3. The number of rotatable bonds is 6. The average Bonchev–Trinajstić information content (AvgIpc) is 3.46. The van der Waals surface area contributed by atoms with Crippen LogP contribution in [0.3, 0.4) is 0 Å². The zero-order valence-corrected chi connectivity index (χ0v) is 16.2. The highest BCUT2D eigenvalue weighted by atomic mass is 16.5. The van der Waals surface area contributed by atoms with E-state index >= 15 is 0 Å². The fraction of sp³-hybridized carbons (Fsp3) is 0.500. The summed E-state index contributed by atoms with van der Waals surface area (Å²) in [5.41, 5.74) is 0.823. The summed E-state index contributed by atoms with van der Waals surface area (Å²) in [6.45, 7) is 3.14. The average molecular weight is 383 g/mol. The van der Waals surface area contributed by atoms with Crippen LogP contribution in [-0.2, 0) is 27.4 Å². The molecule has 28 heavy (non-hydrogen) atoms. The summed E-state index contributed by atoms with van der Waals surface area (Å²) in [4.78, 5) is 37.9. The zero-order chi connectivity index (χ0) is 19.7.